The van der Waals surface area contributed by atoms with Crippen LogP contribution in [0.3, 0.4) is 0 Å². The summed E-state index contributed by atoms with van der Waals surface area (Å²) in [6.45, 7) is 7.02. The van der Waals surface area contributed by atoms with Crippen LogP contribution < -0.4 is 0 Å². The molecule has 0 nitrogen and oxygen atoms in total. The fraction of sp³-hybridized carbons (Fsp3) is 1.00. The molecule has 0 N–H and O–H groups in total. The van der Waals surface area contributed by atoms with Gasteiger partial charge in [-0.25, -0.2) is 0 Å². The van der Waals surface area contributed by atoms with Crippen molar-refractivity contribution in [2.45, 2.75) is 53.3 Å². The molecule has 0 aromatic carbocycles. The molecule has 0 bridgehead atoms. The molecule has 0 fully saturated rings. The summed E-state index contributed by atoms with van der Waals surface area (Å²) in [5.41, 5.74) is 0. The van der Waals surface area contributed by atoms with Crippen molar-refractivity contribution in [3.8, 4) is 0 Å². The van der Waals surface area contributed by atoms with Gasteiger partial charge in [0.2, 0.25) is 0 Å². The van der Waals surface area contributed by atoms with E-state index in [1.54, 1.807) is 13.3 Å². The van der Waals surface area contributed by atoms with Crippen LogP contribution in [0.1, 0.15) is 40.0 Å². The van der Waals surface area contributed by atoms with Crippen LogP contribution in [0.15, 0.2) is 0 Å². The molecule has 0 aromatic heterocycles. The van der Waals surface area contributed by atoms with Crippen LogP contribution in [0.25, 0.3) is 0 Å². The van der Waals surface area contributed by atoms with Gasteiger partial charge in [-0.2, -0.15) is 0 Å². The predicted octanol–water partition coefficient (Wildman–Crippen LogP) is 4.29. The van der Waals surface area contributed by atoms with E-state index in [9.17, 15) is 0 Å². The van der Waals surface area contributed by atoms with Gasteiger partial charge in [-0.05, 0) is 0 Å². The standard InChI is InChI=1S/3C3H7.BrH.Sn/c3*1-3-2;;/h3*1,3H2,2H3;1H;. The van der Waals surface area contributed by atoms with Crippen molar-refractivity contribution in [1.82, 2.24) is 0 Å². The zero-order valence-electron chi connectivity index (χ0n) is 8.15. The molecule has 1 radical (unpaired) electrons. The van der Waals surface area contributed by atoms with Crippen molar-refractivity contribution in [1.29, 1.82) is 0 Å². The summed E-state index contributed by atoms with van der Waals surface area (Å²) in [7, 11) is 0. The maximum atomic E-state index is 2.34. The van der Waals surface area contributed by atoms with Crippen molar-refractivity contribution in [3.05, 3.63) is 0 Å². The summed E-state index contributed by atoms with van der Waals surface area (Å²) in [5.74, 6) is 0. The minimum absolute atomic E-state index is 0. The van der Waals surface area contributed by atoms with E-state index in [-0.39, 0.29) is 17.0 Å². The molecular formula is C9H22BrSn. The average molecular weight is 329 g/mol. The van der Waals surface area contributed by atoms with E-state index in [0.29, 0.717) is 0 Å². The minimum atomic E-state index is -0.759. The Balaban J connectivity index is 0. The van der Waals surface area contributed by atoms with Crippen molar-refractivity contribution < 1.29 is 0 Å². The molecule has 0 atom stereocenters. The zero-order chi connectivity index (χ0) is 7.82. The molecule has 11 heavy (non-hydrogen) atoms. The zero-order valence-corrected chi connectivity index (χ0v) is 12.7. The molecule has 0 unspecified atom stereocenters. The molecule has 2 heteroatoms. The molecule has 0 heterocycles. The van der Waals surface area contributed by atoms with Gasteiger partial charge in [-0.1, -0.05) is 0 Å². The van der Waals surface area contributed by atoms with Gasteiger partial charge >= 0.3 is 73.1 Å². The molecule has 0 aromatic rings. The summed E-state index contributed by atoms with van der Waals surface area (Å²) in [4.78, 5) is 0. The Labute approximate surface area is 89.7 Å². The second-order valence-electron chi connectivity index (χ2n) is 3.00. The monoisotopic (exact) mass is 329 g/mol. The second kappa shape index (κ2) is 11.3. The van der Waals surface area contributed by atoms with E-state index < -0.39 is 19.8 Å². The van der Waals surface area contributed by atoms with E-state index in [1.165, 1.54) is 19.3 Å². The number of halogens is 1. The van der Waals surface area contributed by atoms with E-state index in [0.717, 1.165) is 0 Å². The van der Waals surface area contributed by atoms with E-state index in [2.05, 4.69) is 20.8 Å². The molecule has 69 valence electrons. The van der Waals surface area contributed by atoms with Gasteiger partial charge < -0.3 is 0 Å². The first-order valence-corrected chi connectivity index (χ1v) is 10.7. The van der Waals surface area contributed by atoms with Crippen molar-refractivity contribution >= 4 is 36.7 Å². The third kappa shape index (κ3) is 9.19. The first kappa shape index (κ1) is 14.8. The van der Waals surface area contributed by atoms with E-state index in [4.69, 9.17) is 0 Å². The Morgan fingerprint density at radius 2 is 1.00 bits per heavy atom. The van der Waals surface area contributed by atoms with Gasteiger partial charge in [0.25, 0.3) is 0 Å². The van der Waals surface area contributed by atoms with Gasteiger partial charge in [-0.3, -0.25) is 0 Å². The first-order chi connectivity index (χ1) is 4.85. The van der Waals surface area contributed by atoms with Gasteiger partial charge in [0.1, 0.15) is 0 Å². The third-order valence-electron chi connectivity index (χ3n) is 1.81. The predicted molar refractivity (Wildman–Crippen MR) is 61.4 cm³/mol. The van der Waals surface area contributed by atoms with Crippen molar-refractivity contribution in [3.63, 3.8) is 0 Å². The van der Waals surface area contributed by atoms with Crippen molar-refractivity contribution in [2.75, 3.05) is 0 Å². The van der Waals surface area contributed by atoms with Gasteiger partial charge in [-0.15, -0.1) is 17.0 Å². The Hall–Kier alpha value is 1.28. The van der Waals surface area contributed by atoms with E-state index >= 15 is 0 Å². The van der Waals surface area contributed by atoms with Crippen LogP contribution in [0.5, 0.6) is 0 Å². The summed E-state index contributed by atoms with van der Waals surface area (Å²) in [5, 5.41) is 0. The quantitative estimate of drug-likeness (QED) is 0.638. The molecule has 0 rings (SSSR count). The SMILES string of the molecule is Br.CC[CH2][Sn]([CH2]CC)[CH2]CC. The van der Waals surface area contributed by atoms with Gasteiger partial charge in [0.05, 0.1) is 0 Å². The number of rotatable bonds is 6. The van der Waals surface area contributed by atoms with Gasteiger partial charge in [0, 0.05) is 0 Å². The Bertz CT molecular complexity index is 52.3. The molecule has 0 aliphatic carbocycles. The first-order valence-electron chi connectivity index (χ1n) is 4.68. The summed E-state index contributed by atoms with van der Waals surface area (Å²) < 4.78 is 4.93. The topological polar surface area (TPSA) is 0 Å². The molecule has 0 saturated carbocycles. The summed E-state index contributed by atoms with van der Waals surface area (Å²) in [6.07, 6.45) is 4.36. The van der Waals surface area contributed by atoms with Gasteiger partial charge in [0.15, 0.2) is 0 Å². The Kier molecular flexibility index (Phi) is 15.2. The van der Waals surface area contributed by atoms with Crippen LogP contribution in [0.4, 0.5) is 0 Å². The third-order valence-corrected chi connectivity index (χ3v) is 12.1. The molecule has 0 amide bonds. The Morgan fingerprint density at radius 3 is 1.18 bits per heavy atom. The normalized spacial score (nSPS) is 9.82. The fourth-order valence-corrected chi connectivity index (χ4v) is 9.63. The average Bonchev–Trinajstić information content (AvgIpc) is 1.90. The molecule has 0 spiro atoms. The molecular weight excluding hydrogens is 307 g/mol. The van der Waals surface area contributed by atoms with Crippen LogP contribution >= 0.6 is 17.0 Å². The Morgan fingerprint density at radius 1 is 0.727 bits per heavy atom. The molecule has 0 aliphatic heterocycles. The van der Waals surface area contributed by atoms with Crippen molar-refractivity contribution in [2.24, 2.45) is 0 Å². The van der Waals surface area contributed by atoms with Crippen LogP contribution in [0.2, 0.25) is 13.3 Å². The number of hydrogen-bond acceptors (Lipinski definition) is 0. The molecule has 0 aliphatic rings. The van der Waals surface area contributed by atoms with Crippen LogP contribution in [0, 0.1) is 0 Å². The molecule has 0 saturated heterocycles. The van der Waals surface area contributed by atoms with Crippen LogP contribution in [-0.2, 0) is 0 Å². The maximum absolute atomic E-state index is 2.34. The van der Waals surface area contributed by atoms with E-state index in [1.807, 2.05) is 0 Å². The number of hydrogen-bond donors (Lipinski definition) is 0. The van der Waals surface area contributed by atoms with Crippen LogP contribution in [-0.4, -0.2) is 19.8 Å². The summed E-state index contributed by atoms with van der Waals surface area (Å²) in [6, 6.07) is 0. The summed E-state index contributed by atoms with van der Waals surface area (Å²) >= 11 is -0.759. The fourth-order valence-electron chi connectivity index (χ4n) is 1.44. The second-order valence-corrected chi connectivity index (χ2v) is 11.6.